The number of nitrogens with one attached hydrogen (secondary N) is 2. The van der Waals surface area contributed by atoms with E-state index in [2.05, 4.69) is 27.8 Å². The molecule has 3 N–H and O–H groups in total. The molecule has 0 aliphatic rings. The second kappa shape index (κ2) is 13.5. The van der Waals surface area contributed by atoms with E-state index in [0.717, 1.165) is 29.2 Å². The van der Waals surface area contributed by atoms with E-state index in [4.69, 9.17) is 4.74 Å². The van der Waals surface area contributed by atoms with E-state index in [-0.39, 0.29) is 24.0 Å². The number of benzene rings is 2. The van der Waals surface area contributed by atoms with Gasteiger partial charge in [-0.25, -0.2) is 4.99 Å². The summed E-state index contributed by atoms with van der Waals surface area (Å²) >= 11 is 0. The van der Waals surface area contributed by atoms with Crippen molar-refractivity contribution in [2.75, 3.05) is 20.2 Å². The number of hydrogen-bond acceptors (Lipinski definition) is 3. The highest BCUT2D eigenvalue weighted by atomic mass is 127. The molecule has 0 aromatic heterocycles. The molecule has 0 aliphatic heterocycles. The number of aliphatic imine (C=N–C) groups is 1. The van der Waals surface area contributed by atoms with Crippen LogP contribution in [0.25, 0.3) is 0 Å². The molecule has 0 bridgehead atoms. The van der Waals surface area contributed by atoms with E-state index in [1.165, 1.54) is 0 Å². The van der Waals surface area contributed by atoms with Gasteiger partial charge in [-0.15, -0.1) is 24.0 Å². The van der Waals surface area contributed by atoms with E-state index in [9.17, 15) is 5.11 Å². The molecule has 0 heterocycles. The molecular formula is C21H30IN3O2. The number of guanidine groups is 1. The molecule has 5 nitrogen and oxygen atoms in total. The van der Waals surface area contributed by atoms with Crippen molar-refractivity contribution in [2.24, 2.45) is 4.99 Å². The summed E-state index contributed by atoms with van der Waals surface area (Å²) in [4.78, 5) is 4.63. The average molecular weight is 483 g/mol. The van der Waals surface area contributed by atoms with Crippen LogP contribution in [0.5, 0.6) is 0 Å². The van der Waals surface area contributed by atoms with Gasteiger partial charge in [-0.05, 0) is 30.0 Å². The van der Waals surface area contributed by atoms with Crippen LogP contribution in [0.3, 0.4) is 0 Å². The molecule has 148 valence electrons. The zero-order chi connectivity index (χ0) is 18.6. The highest BCUT2D eigenvalue weighted by molar-refractivity contribution is 14.0. The number of aliphatic hydroxyl groups is 1. The molecule has 6 heteroatoms. The van der Waals surface area contributed by atoms with Gasteiger partial charge < -0.3 is 20.5 Å². The quantitative estimate of drug-likeness (QED) is 0.290. The zero-order valence-electron chi connectivity index (χ0n) is 16.0. The molecule has 0 saturated carbocycles. The topological polar surface area (TPSA) is 65.9 Å². The summed E-state index contributed by atoms with van der Waals surface area (Å²) in [6.45, 7) is 4.67. The maximum Gasteiger partial charge on any atom is 0.191 e. The minimum Gasteiger partial charge on any atom is -0.388 e. The Kier molecular flexibility index (Phi) is 11.7. The third-order valence-corrected chi connectivity index (χ3v) is 3.96. The van der Waals surface area contributed by atoms with Crippen LogP contribution in [0.4, 0.5) is 0 Å². The number of methoxy groups -OCH3 is 1. The zero-order valence-corrected chi connectivity index (χ0v) is 18.4. The van der Waals surface area contributed by atoms with Gasteiger partial charge in [0.2, 0.25) is 0 Å². The summed E-state index contributed by atoms with van der Waals surface area (Å²) < 4.78 is 5.17. The van der Waals surface area contributed by atoms with Crippen molar-refractivity contribution >= 4 is 29.9 Å². The highest BCUT2D eigenvalue weighted by Gasteiger charge is 2.07. The van der Waals surface area contributed by atoms with Gasteiger partial charge >= 0.3 is 0 Å². The molecule has 1 unspecified atom stereocenters. The molecule has 2 aromatic carbocycles. The number of ether oxygens (including phenoxy) is 1. The Morgan fingerprint density at radius 1 is 1.07 bits per heavy atom. The van der Waals surface area contributed by atoms with Crippen LogP contribution in [-0.2, 0) is 17.9 Å². The molecule has 0 amide bonds. The fraction of sp³-hybridized carbons (Fsp3) is 0.381. The van der Waals surface area contributed by atoms with Crippen LogP contribution in [0.1, 0.15) is 36.1 Å². The molecule has 0 radical (unpaired) electrons. The first kappa shape index (κ1) is 23.4. The third-order valence-electron chi connectivity index (χ3n) is 3.96. The predicted octanol–water partition coefficient (Wildman–Crippen LogP) is 3.63. The van der Waals surface area contributed by atoms with Crippen LogP contribution in [0.2, 0.25) is 0 Å². The molecule has 0 fully saturated rings. The third kappa shape index (κ3) is 8.73. The van der Waals surface area contributed by atoms with E-state index >= 15 is 0 Å². The Hall–Kier alpha value is -1.64. The van der Waals surface area contributed by atoms with Crippen molar-refractivity contribution in [3.63, 3.8) is 0 Å². The van der Waals surface area contributed by atoms with Gasteiger partial charge in [-0.3, -0.25) is 0 Å². The second-order valence-electron chi connectivity index (χ2n) is 6.09. The number of hydrogen-bond donors (Lipinski definition) is 3. The van der Waals surface area contributed by atoms with Crippen LogP contribution >= 0.6 is 24.0 Å². The second-order valence-corrected chi connectivity index (χ2v) is 6.09. The van der Waals surface area contributed by atoms with Crippen molar-refractivity contribution in [2.45, 2.75) is 32.6 Å². The van der Waals surface area contributed by atoms with Crippen molar-refractivity contribution in [1.82, 2.24) is 10.6 Å². The van der Waals surface area contributed by atoms with Gasteiger partial charge in [-0.1, -0.05) is 54.6 Å². The fourth-order valence-corrected chi connectivity index (χ4v) is 2.67. The van der Waals surface area contributed by atoms with Crippen molar-refractivity contribution in [3.05, 3.63) is 71.3 Å². The SMILES string of the molecule is CCNC(=NCc1cccc(COC)c1)NCCC(O)c1ccccc1.I. The number of nitrogens with zero attached hydrogens (tertiary/aromatic N) is 1. The smallest absolute Gasteiger partial charge is 0.191 e. The molecular weight excluding hydrogens is 453 g/mol. The van der Waals surface area contributed by atoms with Gasteiger partial charge in [0.25, 0.3) is 0 Å². The first-order valence-corrected chi connectivity index (χ1v) is 9.05. The van der Waals surface area contributed by atoms with E-state index in [1.54, 1.807) is 7.11 Å². The molecule has 1 atom stereocenters. The van der Waals surface area contributed by atoms with Crippen LogP contribution in [0, 0.1) is 0 Å². The maximum absolute atomic E-state index is 10.2. The van der Waals surface area contributed by atoms with Gasteiger partial charge in [0.05, 0.1) is 19.3 Å². The lowest BCUT2D eigenvalue weighted by Crippen LogP contribution is -2.38. The summed E-state index contributed by atoms with van der Waals surface area (Å²) in [5.74, 6) is 0.755. The first-order valence-electron chi connectivity index (χ1n) is 9.05. The maximum atomic E-state index is 10.2. The Morgan fingerprint density at radius 3 is 2.52 bits per heavy atom. The van der Waals surface area contributed by atoms with Crippen LogP contribution in [-0.4, -0.2) is 31.3 Å². The fourth-order valence-electron chi connectivity index (χ4n) is 2.67. The van der Waals surface area contributed by atoms with Crippen LogP contribution < -0.4 is 10.6 Å². The minimum absolute atomic E-state index is 0. The number of aliphatic hydroxyl groups excluding tert-OH is 1. The first-order chi connectivity index (χ1) is 12.7. The molecule has 0 spiro atoms. The van der Waals surface area contributed by atoms with E-state index < -0.39 is 6.10 Å². The largest absolute Gasteiger partial charge is 0.388 e. The highest BCUT2D eigenvalue weighted by Crippen LogP contribution is 2.14. The summed E-state index contributed by atoms with van der Waals surface area (Å²) in [6, 6.07) is 18.0. The minimum atomic E-state index is -0.475. The number of rotatable bonds is 9. The van der Waals surface area contributed by atoms with Crippen molar-refractivity contribution in [1.29, 1.82) is 0 Å². The van der Waals surface area contributed by atoms with Crippen molar-refractivity contribution < 1.29 is 9.84 Å². The van der Waals surface area contributed by atoms with Gasteiger partial charge in [0.1, 0.15) is 0 Å². The van der Waals surface area contributed by atoms with Gasteiger partial charge in [-0.2, -0.15) is 0 Å². The Bertz CT molecular complexity index is 680. The van der Waals surface area contributed by atoms with Crippen LogP contribution in [0.15, 0.2) is 59.6 Å². The van der Waals surface area contributed by atoms with E-state index in [0.29, 0.717) is 26.1 Å². The molecule has 0 aliphatic carbocycles. The molecule has 27 heavy (non-hydrogen) atoms. The summed E-state index contributed by atoms with van der Waals surface area (Å²) in [6.07, 6.45) is 0.148. The Balaban J connectivity index is 0.00000364. The lowest BCUT2D eigenvalue weighted by Gasteiger charge is -2.14. The Labute approximate surface area is 179 Å². The Morgan fingerprint density at radius 2 is 1.81 bits per heavy atom. The summed E-state index contributed by atoms with van der Waals surface area (Å²) in [5.41, 5.74) is 3.22. The molecule has 0 saturated heterocycles. The summed E-state index contributed by atoms with van der Waals surface area (Å²) in [5, 5.41) is 16.8. The monoisotopic (exact) mass is 483 g/mol. The van der Waals surface area contributed by atoms with Gasteiger partial charge in [0.15, 0.2) is 5.96 Å². The summed E-state index contributed by atoms with van der Waals surface area (Å²) in [7, 11) is 1.70. The lowest BCUT2D eigenvalue weighted by atomic mass is 10.1. The molecule has 2 aromatic rings. The predicted molar refractivity (Wildman–Crippen MR) is 121 cm³/mol. The van der Waals surface area contributed by atoms with Crippen molar-refractivity contribution in [3.8, 4) is 0 Å². The number of halogens is 1. The molecule has 2 rings (SSSR count). The van der Waals surface area contributed by atoms with E-state index in [1.807, 2.05) is 49.4 Å². The average Bonchev–Trinajstić information content (AvgIpc) is 2.67. The van der Waals surface area contributed by atoms with Gasteiger partial charge in [0, 0.05) is 20.2 Å². The standard InChI is InChI=1S/C21H29N3O2.HI/c1-3-22-21(23-13-12-20(25)19-10-5-4-6-11-19)24-15-17-8-7-9-18(14-17)16-26-2;/h4-11,14,20,25H,3,12-13,15-16H2,1-2H3,(H2,22,23,24);1H. The normalized spacial score (nSPS) is 12.2. The lowest BCUT2D eigenvalue weighted by molar-refractivity contribution is 0.168.